The largest absolute Gasteiger partial charge is 0.377 e. The van der Waals surface area contributed by atoms with Crippen LogP contribution in [0.4, 0.5) is 4.39 Å². The van der Waals surface area contributed by atoms with Crippen molar-refractivity contribution in [3.8, 4) is 0 Å². The topological polar surface area (TPSA) is 21.3 Å². The molecule has 0 aliphatic heterocycles. The number of hydrogen-bond acceptors (Lipinski definition) is 2. The zero-order chi connectivity index (χ0) is 12.8. The van der Waals surface area contributed by atoms with Crippen LogP contribution in [0.1, 0.15) is 37.9 Å². The molecular weight excluding hydrogens is 217 g/mol. The highest BCUT2D eigenvalue weighted by Crippen LogP contribution is 2.15. The molecular formula is C14H22FNO. The van der Waals surface area contributed by atoms with Gasteiger partial charge in [0.25, 0.3) is 0 Å². The summed E-state index contributed by atoms with van der Waals surface area (Å²) in [5, 5.41) is 3.31. The summed E-state index contributed by atoms with van der Waals surface area (Å²) >= 11 is 0. The first kappa shape index (κ1) is 14.1. The fraction of sp³-hybridized carbons (Fsp3) is 0.571. The van der Waals surface area contributed by atoms with Crippen LogP contribution in [0.15, 0.2) is 18.2 Å². The zero-order valence-corrected chi connectivity index (χ0v) is 11.1. The van der Waals surface area contributed by atoms with Crippen molar-refractivity contribution in [1.29, 1.82) is 0 Å². The van der Waals surface area contributed by atoms with Crippen LogP contribution in [0.25, 0.3) is 0 Å². The van der Waals surface area contributed by atoms with Crippen LogP contribution in [0, 0.1) is 12.7 Å². The lowest BCUT2D eigenvalue weighted by Gasteiger charge is -2.15. The maximum absolute atomic E-state index is 13.4. The molecule has 1 aromatic carbocycles. The molecule has 0 saturated carbocycles. The van der Waals surface area contributed by atoms with Crippen LogP contribution in [0.5, 0.6) is 0 Å². The highest BCUT2D eigenvalue weighted by molar-refractivity contribution is 5.25. The molecule has 17 heavy (non-hydrogen) atoms. The van der Waals surface area contributed by atoms with Crippen LogP contribution in [-0.4, -0.2) is 19.3 Å². The van der Waals surface area contributed by atoms with Crippen LogP contribution in [0.2, 0.25) is 0 Å². The lowest BCUT2D eigenvalue weighted by atomic mass is 10.1. The van der Waals surface area contributed by atoms with Crippen LogP contribution >= 0.6 is 0 Å². The summed E-state index contributed by atoms with van der Waals surface area (Å²) in [4.78, 5) is 0. The van der Waals surface area contributed by atoms with Crippen molar-refractivity contribution in [2.45, 2.75) is 39.8 Å². The molecule has 0 spiro atoms. The van der Waals surface area contributed by atoms with Gasteiger partial charge in [-0.2, -0.15) is 0 Å². The van der Waals surface area contributed by atoms with Crippen molar-refractivity contribution in [2.24, 2.45) is 0 Å². The molecule has 1 rings (SSSR count). The molecule has 96 valence electrons. The summed E-state index contributed by atoms with van der Waals surface area (Å²) in [6.45, 7) is 9.27. The molecule has 3 heteroatoms. The van der Waals surface area contributed by atoms with Crippen molar-refractivity contribution in [3.63, 3.8) is 0 Å². The smallest absolute Gasteiger partial charge is 0.126 e. The molecule has 0 aliphatic carbocycles. The van der Waals surface area contributed by atoms with E-state index in [0.717, 1.165) is 12.1 Å². The molecule has 1 aromatic rings. The molecule has 2 nitrogen and oxygen atoms in total. The van der Waals surface area contributed by atoms with Gasteiger partial charge in [-0.05, 0) is 44.9 Å². The van der Waals surface area contributed by atoms with E-state index in [9.17, 15) is 4.39 Å². The Hall–Kier alpha value is -0.930. The minimum atomic E-state index is -0.144. The highest BCUT2D eigenvalue weighted by atomic mass is 19.1. The van der Waals surface area contributed by atoms with Gasteiger partial charge < -0.3 is 10.1 Å². The molecule has 1 atom stereocenters. The van der Waals surface area contributed by atoms with Crippen LogP contribution in [-0.2, 0) is 4.74 Å². The van der Waals surface area contributed by atoms with Gasteiger partial charge in [-0.3, -0.25) is 0 Å². The number of halogens is 1. The van der Waals surface area contributed by atoms with Gasteiger partial charge in [0, 0.05) is 12.6 Å². The van der Waals surface area contributed by atoms with Gasteiger partial charge in [0.05, 0.1) is 12.7 Å². The summed E-state index contributed by atoms with van der Waals surface area (Å²) < 4.78 is 18.8. The van der Waals surface area contributed by atoms with Crippen LogP contribution in [0.3, 0.4) is 0 Å². The van der Waals surface area contributed by atoms with Gasteiger partial charge in [0.2, 0.25) is 0 Å². The first-order valence-corrected chi connectivity index (χ1v) is 6.11. The molecule has 0 aliphatic rings. The fourth-order valence-corrected chi connectivity index (χ4v) is 1.57. The standard InChI is InChI=1S/C14H22FNO/c1-10(2)17-8-7-16-12(4)13-6-5-11(3)14(15)9-13/h5-6,9-10,12,16H,7-8H2,1-4H3. The quantitative estimate of drug-likeness (QED) is 0.770. The number of hydrogen-bond donors (Lipinski definition) is 1. The highest BCUT2D eigenvalue weighted by Gasteiger charge is 2.06. The second kappa shape index (κ2) is 6.72. The Morgan fingerprint density at radius 1 is 1.29 bits per heavy atom. The zero-order valence-electron chi connectivity index (χ0n) is 11.1. The van der Waals surface area contributed by atoms with E-state index in [-0.39, 0.29) is 18.0 Å². The van der Waals surface area contributed by atoms with E-state index < -0.39 is 0 Å². The van der Waals surface area contributed by atoms with E-state index in [4.69, 9.17) is 4.74 Å². The van der Waals surface area contributed by atoms with Crippen molar-refractivity contribution < 1.29 is 9.13 Å². The average molecular weight is 239 g/mol. The lowest BCUT2D eigenvalue weighted by molar-refractivity contribution is 0.0796. The molecule has 0 fully saturated rings. The third-order valence-corrected chi connectivity index (χ3v) is 2.70. The first-order valence-electron chi connectivity index (χ1n) is 6.11. The summed E-state index contributed by atoms with van der Waals surface area (Å²) in [5.41, 5.74) is 1.65. The third-order valence-electron chi connectivity index (χ3n) is 2.70. The Balaban J connectivity index is 2.41. The molecule has 0 aromatic heterocycles. The Labute approximate surface area is 103 Å². The fourth-order valence-electron chi connectivity index (χ4n) is 1.57. The Morgan fingerprint density at radius 3 is 2.59 bits per heavy atom. The van der Waals surface area contributed by atoms with Gasteiger partial charge in [-0.25, -0.2) is 4.39 Å². The Morgan fingerprint density at radius 2 is 2.00 bits per heavy atom. The maximum atomic E-state index is 13.4. The monoisotopic (exact) mass is 239 g/mol. The summed E-state index contributed by atoms with van der Waals surface area (Å²) in [6, 6.07) is 5.50. The van der Waals surface area contributed by atoms with Crippen molar-refractivity contribution in [1.82, 2.24) is 5.32 Å². The Kier molecular flexibility index (Phi) is 5.59. The van der Waals surface area contributed by atoms with Crippen LogP contribution < -0.4 is 5.32 Å². The number of ether oxygens (including phenoxy) is 1. The number of aryl methyl sites for hydroxylation is 1. The Bertz CT molecular complexity index is 352. The van der Waals surface area contributed by atoms with Gasteiger partial charge in [0.15, 0.2) is 0 Å². The van der Waals surface area contributed by atoms with E-state index >= 15 is 0 Å². The van der Waals surface area contributed by atoms with Gasteiger partial charge in [-0.15, -0.1) is 0 Å². The lowest BCUT2D eigenvalue weighted by Crippen LogP contribution is -2.24. The van der Waals surface area contributed by atoms with E-state index in [1.807, 2.05) is 32.9 Å². The SMILES string of the molecule is Cc1ccc(C(C)NCCOC(C)C)cc1F. The molecule has 0 heterocycles. The predicted molar refractivity (Wildman–Crippen MR) is 68.6 cm³/mol. The molecule has 1 N–H and O–H groups in total. The summed E-state index contributed by atoms with van der Waals surface area (Å²) in [6.07, 6.45) is 0.254. The third kappa shape index (κ3) is 4.84. The van der Waals surface area contributed by atoms with Crippen molar-refractivity contribution in [2.75, 3.05) is 13.2 Å². The molecule has 0 radical (unpaired) electrons. The number of benzene rings is 1. The van der Waals surface area contributed by atoms with E-state index in [2.05, 4.69) is 5.32 Å². The molecule has 0 saturated heterocycles. The average Bonchev–Trinajstić information content (AvgIpc) is 2.27. The van der Waals surface area contributed by atoms with Gasteiger partial charge >= 0.3 is 0 Å². The van der Waals surface area contributed by atoms with E-state index in [1.54, 1.807) is 13.0 Å². The second-order valence-corrected chi connectivity index (χ2v) is 4.60. The molecule has 0 amide bonds. The van der Waals surface area contributed by atoms with Crippen molar-refractivity contribution in [3.05, 3.63) is 35.1 Å². The van der Waals surface area contributed by atoms with Gasteiger partial charge in [-0.1, -0.05) is 12.1 Å². The first-order chi connectivity index (χ1) is 8.00. The summed E-state index contributed by atoms with van der Waals surface area (Å²) in [7, 11) is 0. The molecule has 1 unspecified atom stereocenters. The number of rotatable bonds is 6. The predicted octanol–water partition coefficient (Wildman–Crippen LogP) is 3.21. The minimum absolute atomic E-state index is 0.140. The maximum Gasteiger partial charge on any atom is 0.126 e. The van der Waals surface area contributed by atoms with E-state index in [1.165, 1.54) is 0 Å². The van der Waals surface area contributed by atoms with E-state index in [0.29, 0.717) is 12.2 Å². The molecule has 0 bridgehead atoms. The summed E-state index contributed by atoms with van der Waals surface area (Å²) in [5.74, 6) is -0.144. The second-order valence-electron chi connectivity index (χ2n) is 4.60. The minimum Gasteiger partial charge on any atom is -0.377 e. The van der Waals surface area contributed by atoms with Crippen molar-refractivity contribution >= 4 is 0 Å². The van der Waals surface area contributed by atoms with Gasteiger partial charge in [0.1, 0.15) is 5.82 Å². The normalized spacial score (nSPS) is 13.1. The number of nitrogens with one attached hydrogen (secondary N) is 1.